The fourth-order valence-electron chi connectivity index (χ4n) is 5.08. The summed E-state index contributed by atoms with van der Waals surface area (Å²) in [6.07, 6.45) is 7.79. The second-order valence-corrected chi connectivity index (χ2v) is 10.0. The number of hydrogen-bond donors (Lipinski definition) is 0. The van der Waals surface area contributed by atoms with E-state index in [0.29, 0.717) is 0 Å². The van der Waals surface area contributed by atoms with Gasteiger partial charge in [-0.1, -0.05) is 24.3 Å². The van der Waals surface area contributed by atoms with Gasteiger partial charge in [-0.05, 0) is 30.3 Å². The summed E-state index contributed by atoms with van der Waals surface area (Å²) in [5.41, 5.74) is 2.16. The number of pyridine rings is 2. The van der Waals surface area contributed by atoms with E-state index >= 15 is 0 Å². The van der Waals surface area contributed by atoms with Crippen molar-refractivity contribution in [2.45, 2.75) is 0 Å². The highest BCUT2D eigenvalue weighted by atomic mass is 32.1. The predicted octanol–water partition coefficient (Wildman–Crippen LogP) is 7.77. The average Bonchev–Trinajstić information content (AvgIpc) is 3.53. The smallest absolute Gasteiger partial charge is 0.145 e. The largest absolute Gasteiger partial charge is 0.299 e. The molecule has 144 valence electrons. The van der Waals surface area contributed by atoms with Gasteiger partial charge in [-0.3, -0.25) is 9.38 Å². The van der Waals surface area contributed by atoms with Crippen LogP contribution in [0.2, 0.25) is 0 Å². The van der Waals surface area contributed by atoms with Crippen molar-refractivity contribution in [3.63, 3.8) is 0 Å². The lowest BCUT2D eigenvalue weighted by atomic mass is 10.0. The van der Waals surface area contributed by atoms with E-state index in [1.807, 2.05) is 41.3 Å². The van der Waals surface area contributed by atoms with Crippen molar-refractivity contribution < 1.29 is 0 Å². The van der Waals surface area contributed by atoms with Crippen LogP contribution in [0.25, 0.3) is 67.7 Å². The van der Waals surface area contributed by atoms with Gasteiger partial charge in [0.25, 0.3) is 0 Å². The fraction of sp³-hybridized carbons (Fsp3) is 0. The molecule has 0 aliphatic carbocycles. The number of rotatable bonds is 0. The topological polar surface area (TPSA) is 30.2 Å². The van der Waals surface area contributed by atoms with Crippen LogP contribution in [0.1, 0.15) is 0 Å². The molecule has 0 saturated heterocycles. The normalized spacial score (nSPS) is 12.5. The standard InChI is InChI=1S/C26H13N3S2/c1-2-4-19-15(3-1)24-21(30-19)7-5-16-23-20(31-25(16)24)8-6-18-22(23)17-13-27-10-9-14(17)26-28-11-12-29(18)26/h1-13H. The Balaban J connectivity index is 1.71. The molecule has 0 aliphatic rings. The van der Waals surface area contributed by atoms with Crippen molar-refractivity contribution in [2.75, 3.05) is 0 Å². The maximum atomic E-state index is 4.63. The predicted molar refractivity (Wildman–Crippen MR) is 134 cm³/mol. The van der Waals surface area contributed by atoms with E-state index in [-0.39, 0.29) is 0 Å². The molecular formula is C26H13N3S2. The lowest BCUT2D eigenvalue weighted by Crippen LogP contribution is -1.91. The summed E-state index contributed by atoms with van der Waals surface area (Å²) < 4.78 is 7.60. The maximum absolute atomic E-state index is 4.63. The van der Waals surface area contributed by atoms with Gasteiger partial charge in [0.15, 0.2) is 0 Å². The van der Waals surface area contributed by atoms with Gasteiger partial charge in [-0.25, -0.2) is 4.98 Å². The molecule has 0 amide bonds. The first-order valence-corrected chi connectivity index (χ1v) is 11.8. The lowest BCUT2D eigenvalue weighted by molar-refractivity contribution is 1.27. The second kappa shape index (κ2) is 5.58. The first kappa shape index (κ1) is 16.2. The summed E-state index contributed by atoms with van der Waals surface area (Å²) in [5.74, 6) is 0. The molecule has 3 aromatic carbocycles. The Morgan fingerprint density at radius 2 is 1.55 bits per heavy atom. The monoisotopic (exact) mass is 431 g/mol. The summed E-state index contributed by atoms with van der Waals surface area (Å²) in [4.78, 5) is 9.11. The van der Waals surface area contributed by atoms with Gasteiger partial charge < -0.3 is 0 Å². The number of benzene rings is 3. The molecule has 3 nitrogen and oxygen atoms in total. The zero-order valence-electron chi connectivity index (χ0n) is 16.2. The van der Waals surface area contributed by atoms with Crippen LogP contribution in [0.4, 0.5) is 0 Å². The molecule has 0 atom stereocenters. The molecule has 8 aromatic rings. The quantitative estimate of drug-likeness (QED) is 0.230. The molecule has 0 saturated carbocycles. The van der Waals surface area contributed by atoms with Crippen LogP contribution in [-0.2, 0) is 0 Å². The van der Waals surface area contributed by atoms with Gasteiger partial charge in [0.1, 0.15) is 5.65 Å². The Morgan fingerprint density at radius 1 is 0.645 bits per heavy atom. The summed E-state index contributed by atoms with van der Waals surface area (Å²) in [6.45, 7) is 0. The molecule has 0 unspecified atom stereocenters. The molecule has 5 heterocycles. The highest BCUT2D eigenvalue weighted by Gasteiger charge is 2.18. The Hall–Kier alpha value is -3.54. The molecule has 31 heavy (non-hydrogen) atoms. The van der Waals surface area contributed by atoms with Gasteiger partial charge in [0.2, 0.25) is 0 Å². The van der Waals surface area contributed by atoms with E-state index in [0.717, 1.165) is 16.4 Å². The number of thiophene rings is 2. The number of nitrogens with zero attached hydrogens (tertiary/aromatic N) is 3. The van der Waals surface area contributed by atoms with Crippen molar-refractivity contribution in [3.05, 3.63) is 79.4 Å². The van der Waals surface area contributed by atoms with Crippen LogP contribution in [-0.4, -0.2) is 14.4 Å². The molecule has 0 aliphatic heterocycles. The number of hydrogen-bond acceptors (Lipinski definition) is 4. The SMILES string of the molecule is c1ccc2c(c1)sc1ccc3c(sc4ccc5c(c6cnccc6c6nccn56)c43)c12. The highest BCUT2D eigenvalue weighted by Crippen LogP contribution is 2.47. The lowest BCUT2D eigenvalue weighted by Gasteiger charge is -2.09. The van der Waals surface area contributed by atoms with Crippen molar-refractivity contribution in [1.29, 1.82) is 0 Å². The number of fused-ring (bicyclic) bond motifs is 14. The third-order valence-corrected chi connectivity index (χ3v) is 8.68. The Morgan fingerprint density at radius 3 is 2.55 bits per heavy atom. The van der Waals surface area contributed by atoms with Gasteiger partial charge in [0, 0.05) is 81.3 Å². The molecule has 0 fully saturated rings. The van der Waals surface area contributed by atoms with Gasteiger partial charge >= 0.3 is 0 Å². The van der Waals surface area contributed by atoms with Crippen LogP contribution in [0, 0.1) is 0 Å². The molecule has 0 spiro atoms. The summed E-state index contributed by atoms with van der Waals surface area (Å²) in [7, 11) is 0. The van der Waals surface area contributed by atoms with E-state index in [2.05, 4.69) is 75.2 Å². The van der Waals surface area contributed by atoms with Crippen LogP contribution in [0.15, 0.2) is 79.4 Å². The van der Waals surface area contributed by atoms with Crippen molar-refractivity contribution in [1.82, 2.24) is 14.4 Å². The molecule has 0 bridgehead atoms. The minimum atomic E-state index is 0.981. The molecular weight excluding hydrogens is 418 g/mol. The zero-order chi connectivity index (χ0) is 20.1. The summed E-state index contributed by atoms with van der Waals surface area (Å²) in [5, 5.41) is 8.95. The molecule has 8 rings (SSSR count). The van der Waals surface area contributed by atoms with Gasteiger partial charge in [0.05, 0.1) is 5.52 Å². The van der Waals surface area contributed by atoms with E-state index in [9.17, 15) is 0 Å². The molecule has 0 N–H and O–H groups in total. The highest BCUT2D eigenvalue weighted by molar-refractivity contribution is 7.29. The van der Waals surface area contributed by atoms with Crippen LogP contribution in [0.5, 0.6) is 0 Å². The van der Waals surface area contributed by atoms with Gasteiger partial charge in [-0.15, -0.1) is 22.7 Å². The number of imidazole rings is 1. The molecule has 5 aromatic heterocycles. The molecule has 5 heteroatoms. The van der Waals surface area contributed by atoms with Crippen molar-refractivity contribution >= 4 is 90.3 Å². The van der Waals surface area contributed by atoms with Gasteiger partial charge in [-0.2, -0.15) is 0 Å². The Labute approximate surface area is 183 Å². The Kier molecular flexibility index (Phi) is 2.91. The van der Waals surface area contributed by atoms with Crippen molar-refractivity contribution in [2.24, 2.45) is 0 Å². The maximum Gasteiger partial charge on any atom is 0.145 e. The first-order valence-electron chi connectivity index (χ1n) is 10.2. The minimum absolute atomic E-state index is 0.981. The fourth-order valence-corrected chi connectivity index (χ4v) is 7.53. The van der Waals surface area contributed by atoms with Crippen LogP contribution >= 0.6 is 22.7 Å². The third kappa shape index (κ3) is 1.93. The summed E-state index contributed by atoms with van der Waals surface area (Å²) >= 11 is 3.78. The average molecular weight is 432 g/mol. The van der Waals surface area contributed by atoms with E-state index in [1.54, 1.807) is 0 Å². The minimum Gasteiger partial charge on any atom is -0.299 e. The van der Waals surface area contributed by atoms with Crippen LogP contribution in [0.3, 0.4) is 0 Å². The molecule has 0 radical (unpaired) electrons. The zero-order valence-corrected chi connectivity index (χ0v) is 17.8. The first-order chi connectivity index (χ1) is 15.4. The summed E-state index contributed by atoms with van der Waals surface area (Å²) in [6, 6.07) is 19.9. The van der Waals surface area contributed by atoms with E-state index < -0.39 is 0 Å². The second-order valence-electron chi connectivity index (χ2n) is 7.89. The van der Waals surface area contributed by atoms with E-state index in [4.69, 9.17) is 0 Å². The number of aromatic nitrogens is 3. The van der Waals surface area contributed by atoms with Crippen molar-refractivity contribution in [3.8, 4) is 0 Å². The Bertz CT molecular complexity index is 2010. The van der Waals surface area contributed by atoms with Crippen LogP contribution < -0.4 is 0 Å². The third-order valence-electron chi connectivity index (χ3n) is 6.35. The van der Waals surface area contributed by atoms with E-state index in [1.165, 1.54) is 51.2 Å².